The lowest BCUT2D eigenvalue weighted by atomic mass is 9.71. The Morgan fingerprint density at radius 3 is 2.59 bits per heavy atom. The highest BCUT2D eigenvalue weighted by molar-refractivity contribution is 6.32. The molecule has 0 radical (unpaired) electrons. The number of nitrogens with zero attached hydrogens (tertiary/aromatic N) is 2. The van der Waals surface area contributed by atoms with Crippen LogP contribution in [0.25, 0.3) is 0 Å². The van der Waals surface area contributed by atoms with Gasteiger partial charge in [0.1, 0.15) is 5.75 Å². The number of hydrogen-bond acceptors (Lipinski definition) is 4. The second-order valence-electron chi connectivity index (χ2n) is 7.63. The maximum absolute atomic E-state index is 12.8. The van der Waals surface area contributed by atoms with Gasteiger partial charge in [-0.2, -0.15) is 0 Å². The summed E-state index contributed by atoms with van der Waals surface area (Å²) >= 11 is 6.21. The first-order valence-corrected chi connectivity index (χ1v) is 9.86. The number of ether oxygens (including phenoxy) is 1. The largest absolute Gasteiger partial charge is 0.492 e. The van der Waals surface area contributed by atoms with Gasteiger partial charge < -0.3 is 19.6 Å². The Bertz CT molecular complexity index is 716. The van der Waals surface area contributed by atoms with Crippen LogP contribution in [0.3, 0.4) is 0 Å². The van der Waals surface area contributed by atoms with Crippen LogP contribution >= 0.6 is 11.6 Å². The molecule has 2 amide bonds. The van der Waals surface area contributed by atoms with Crippen molar-refractivity contribution in [2.75, 3.05) is 32.8 Å². The predicted molar refractivity (Wildman–Crippen MR) is 103 cm³/mol. The Balaban J connectivity index is 1.65. The van der Waals surface area contributed by atoms with Crippen LogP contribution in [0, 0.1) is 5.41 Å². The van der Waals surface area contributed by atoms with Crippen molar-refractivity contribution in [1.82, 2.24) is 9.80 Å². The summed E-state index contributed by atoms with van der Waals surface area (Å²) in [6, 6.07) is 5.12. The highest BCUT2D eigenvalue weighted by atomic mass is 35.5. The number of rotatable bonds is 3. The van der Waals surface area contributed by atoms with Crippen LogP contribution in [0.2, 0.25) is 5.02 Å². The number of halogens is 1. The average Bonchev–Trinajstić information content (AvgIpc) is 2.63. The number of carbonyl (C=O) groups excluding carboxylic acids is 2. The second kappa shape index (κ2) is 8.07. The van der Waals surface area contributed by atoms with Crippen LogP contribution in [0.4, 0.5) is 0 Å². The fraction of sp³-hybridized carbons (Fsp3) is 0.600. The number of amides is 2. The smallest absolute Gasteiger partial charge is 0.253 e. The van der Waals surface area contributed by atoms with E-state index in [1.165, 1.54) is 0 Å². The van der Waals surface area contributed by atoms with Gasteiger partial charge in [0.15, 0.2) is 0 Å². The molecule has 3 rings (SSSR count). The molecule has 1 aromatic carbocycles. The van der Waals surface area contributed by atoms with E-state index >= 15 is 0 Å². The zero-order valence-corrected chi connectivity index (χ0v) is 16.7. The third kappa shape index (κ3) is 4.38. The van der Waals surface area contributed by atoms with Gasteiger partial charge in [-0.3, -0.25) is 9.59 Å². The molecule has 0 bridgehead atoms. The van der Waals surface area contributed by atoms with E-state index in [0.29, 0.717) is 55.5 Å². The Hall–Kier alpha value is -1.79. The van der Waals surface area contributed by atoms with Gasteiger partial charge in [0.05, 0.1) is 17.7 Å². The van der Waals surface area contributed by atoms with Gasteiger partial charge in [-0.15, -0.1) is 0 Å². The van der Waals surface area contributed by atoms with E-state index in [2.05, 4.69) is 0 Å². The minimum Gasteiger partial charge on any atom is -0.492 e. The number of likely N-dealkylation sites (tertiary alicyclic amines) is 2. The molecule has 1 aromatic rings. The minimum absolute atomic E-state index is 0.00402. The SMILES string of the molecule is CCOc1ccc(C(=O)N2CCC3(CC2)CC(O)CN(C(C)=O)C3)cc1Cl. The lowest BCUT2D eigenvalue weighted by Crippen LogP contribution is -2.55. The highest BCUT2D eigenvalue weighted by Crippen LogP contribution is 2.40. The van der Waals surface area contributed by atoms with E-state index in [-0.39, 0.29) is 17.2 Å². The molecule has 6 nitrogen and oxygen atoms in total. The number of hydrogen-bond donors (Lipinski definition) is 1. The van der Waals surface area contributed by atoms with E-state index in [1.807, 2.05) is 11.8 Å². The van der Waals surface area contributed by atoms with Crippen molar-refractivity contribution < 1.29 is 19.4 Å². The fourth-order valence-corrected chi connectivity index (χ4v) is 4.46. The number of aliphatic hydroxyl groups excluding tert-OH is 1. The predicted octanol–water partition coefficient (Wildman–Crippen LogP) is 2.57. The van der Waals surface area contributed by atoms with E-state index in [1.54, 1.807) is 30.0 Å². The molecular weight excluding hydrogens is 368 g/mol. The number of β-amino-alcohol motifs (C(OH)–C–C–N with tert-alkyl or cyclic N) is 1. The third-order valence-corrected chi connectivity index (χ3v) is 5.96. The third-order valence-electron chi connectivity index (χ3n) is 5.66. The summed E-state index contributed by atoms with van der Waals surface area (Å²) in [5, 5.41) is 10.6. The summed E-state index contributed by atoms with van der Waals surface area (Å²) in [4.78, 5) is 28.2. The lowest BCUT2D eigenvalue weighted by Gasteiger charge is -2.49. The summed E-state index contributed by atoms with van der Waals surface area (Å²) in [5.74, 6) is 0.527. The van der Waals surface area contributed by atoms with Crippen LogP contribution in [-0.2, 0) is 4.79 Å². The molecule has 2 fully saturated rings. The van der Waals surface area contributed by atoms with Crippen LogP contribution in [0.1, 0.15) is 43.5 Å². The zero-order chi connectivity index (χ0) is 19.6. The van der Waals surface area contributed by atoms with Crippen LogP contribution < -0.4 is 4.74 Å². The van der Waals surface area contributed by atoms with Gasteiger partial charge in [-0.05, 0) is 49.8 Å². The molecule has 1 N–H and O–H groups in total. The van der Waals surface area contributed by atoms with Crippen molar-refractivity contribution >= 4 is 23.4 Å². The van der Waals surface area contributed by atoms with Crippen LogP contribution in [-0.4, -0.2) is 65.6 Å². The first kappa shape index (κ1) is 20.0. The van der Waals surface area contributed by atoms with Gasteiger partial charge in [-0.25, -0.2) is 0 Å². The summed E-state index contributed by atoms with van der Waals surface area (Å²) < 4.78 is 5.42. The molecular formula is C20H27ClN2O4. The van der Waals surface area contributed by atoms with Crippen molar-refractivity contribution in [1.29, 1.82) is 0 Å². The minimum atomic E-state index is -0.491. The van der Waals surface area contributed by atoms with Gasteiger partial charge in [0.25, 0.3) is 5.91 Å². The molecule has 0 saturated carbocycles. The Kier molecular flexibility index (Phi) is 5.96. The van der Waals surface area contributed by atoms with Crippen LogP contribution in [0.15, 0.2) is 18.2 Å². The van der Waals surface area contributed by atoms with Crippen LogP contribution in [0.5, 0.6) is 5.75 Å². The standard InChI is InChI=1S/C20H27ClN2O4/c1-3-27-18-5-4-15(10-17(18)21)19(26)22-8-6-20(7-9-22)11-16(25)12-23(13-20)14(2)24/h4-5,10,16,25H,3,6-9,11-13H2,1-2H3. The van der Waals surface area contributed by atoms with Crippen molar-refractivity contribution in [3.63, 3.8) is 0 Å². The summed E-state index contributed by atoms with van der Waals surface area (Å²) in [6.45, 7) is 6.24. The Labute approximate surface area is 165 Å². The topological polar surface area (TPSA) is 70.1 Å². The van der Waals surface area contributed by atoms with E-state index in [0.717, 1.165) is 12.8 Å². The second-order valence-corrected chi connectivity index (χ2v) is 8.04. The summed E-state index contributed by atoms with van der Waals surface area (Å²) in [5.41, 5.74) is 0.449. The highest BCUT2D eigenvalue weighted by Gasteiger charge is 2.43. The normalized spacial score (nSPS) is 22.0. The molecule has 2 aliphatic rings. The molecule has 0 aliphatic carbocycles. The summed E-state index contributed by atoms with van der Waals surface area (Å²) in [6.07, 6.45) is 1.76. The molecule has 1 unspecified atom stereocenters. The van der Waals surface area contributed by atoms with Crippen molar-refractivity contribution in [3.05, 3.63) is 28.8 Å². The molecule has 1 spiro atoms. The number of aliphatic hydroxyl groups is 1. The molecule has 2 saturated heterocycles. The number of piperidine rings is 2. The molecule has 2 heterocycles. The van der Waals surface area contributed by atoms with Crippen molar-refractivity contribution in [2.45, 2.75) is 39.2 Å². The lowest BCUT2D eigenvalue weighted by molar-refractivity contribution is -0.137. The van der Waals surface area contributed by atoms with Gasteiger partial charge in [0, 0.05) is 38.7 Å². The molecule has 27 heavy (non-hydrogen) atoms. The first-order chi connectivity index (χ1) is 12.8. The Morgan fingerprint density at radius 2 is 2.00 bits per heavy atom. The molecule has 0 aromatic heterocycles. The van der Waals surface area contributed by atoms with Crippen molar-refractivity contribution in [3.8, 4) is 5.75 Å². The quantitative estimate of drug-likeness (QED) is 0.855. The number of benzene rings is 1. The molecule has 2 aliphatic heterocycles. The molecule has 7 heteroatoms. The van der Waals surface area contributed by atoms with E-state index in [9.17, 15) is 14.7 Å². The number of carbonyl (C=O) groups is 2. The van der Waals surface area contributed by atoms with Crippen molar-refractivity contribution in [2.24, 2.45) is 5.41 Å². The fourth-order valence-electron chi connectivity index (χ4n) is 4.23. The average molecular weight is 395 g/mol. The maximum atomic E-state index is 12.8. The molecule has 148 valence electrons. The monoisotopic (exact) mass is 394 g/mol. The van der Waals surface area contributed by atoms with Gasteiger partial charge >= 0.3 is 0 Å². The zero-order valence-electron chi connectivity index (χ0n) is 15.9. The van der Waals surface area contributed by atoms with Gasteiger partial charge in [-0.1, -0.05) is 11.6 Å². The molecule has 1 atom stereocenters. The van der Waals surface area contributed by atoms with E-state index < -0.39 is 6.10 Å². The van der Waals surface area contributed by atoms with Gasteiger partial charge in [0.2, 0.25) is 5.91 Å². The first-order valence-electron chi connectivity index (χ1n) is 9.49. The van der Waals surface area contributed by atoms with E-state index in [4.69, 9.17) is 16.3 Å². The Morgan fingerprint density at radius 1 is 1.30 bits per heavy atom. The maximum Gasteiger partial charge on any atom is 0.253 e. The summed E-state index contributed by atoms with van der Waals surface area (Å²) in [7, 11) is 0.